The van der Waals surface area contributed by atoms with Crippen molar-refractivity contribution in [3.05, 3.63) is 45.9 Å². The second-order valence-corrected chi connectivity index (χ2v) is 11.1. The van der Waals surface area contributed by atoms with E-state index >= 15 is 0 Å². The number of alkyl halides is 6. The van der Waals surface area contributed by atoms with Crippen molar-refractivity contribution >= 4 is 57.5 Å². The molecule has 2 N–H and O–H groups in total. The maximum Gasteiger partial charge on any atom is 0.400 e. The number of rotatable bonds is 10. The standard InChI is InChI=1S/C28H31Cl2F6N5O2/c1-3-18(28(34,35)36)25(42)37-15-16-4-5-19(29)21(12-16)38-26-39-22-13-20(30)23(14-24(22)41(26)10-11-43-2)40-8-6-17(7-9-40)27(31,32)33/h4-5,12-14,17-18H,3,6-11,15H2,1-2H3,(H,37,42)(H,38,39). The number of nitrogens with zero attached hydrogens (tertiary/aromatic N) is 3. The normalized spacial score (nSPS) is 15.6. The van der Waals surface area contributed by atoms with Gasteiger partial charge in [-0.1, -0.05) is 36.2 Å². The molecule has 236 valence electrons. The zero-order valence-electron chi connectivity index (χ0n) is 23.4. The fraction of sp³-hybridized carbons (Fsp3) is 0.500. The van der Waals surface area contributed by atoms with Crippen molar-refractivity contribution < 1.29 is 35.9 Å². The predicted octanol–water partition coefficient (Wildman–Crippen LogP) is 7.72. The highest BCUT2D eigenvalue weighted by Crippen LogP contribution is 2.39. The largest absolute Gasteiger partial charge is 0.400 e. The Morgan fingerprint density at radius 3 is 2.40 bits per heavy atom. The van der Waals surface area contributed by atoms with Crippen molar-refractivity contribution in [1.82, 2.24) is 14.9 Å². The molecule has 0 radical (unpaired) electrons. The minimum absolute atomic E-state index is 0.0296. The van der Waals surface area contributed by atoms with Crippen LogP contribution in [-0.2, 0) is 22.6 Å². The van der Waals surface area contributed by atoms with Crippen molar-refractivity contribution in [1.29, 1.82) is 0 Å². The molecule has 0 bridgehead atoms. The number of hydrogen-bond donors (Lipinski definition) is 2. The number of ether oxygens (including phenoxy) is 1. The molecule has 43 heavy (non-hydrogen) atoms. The molecule has 1 aromatic heterocycles. The number of imidazole rings is 1. The first-order chi connectivity index (χ1) is 20.2. The van der Waals surface area contributed by atoms with Gasteiger partial charge in [-0.25, -0.2) is 4.98 Å². The van der Waals surface area contributed by atoms with Gasteiger partial charge in [0.25, 0.3) is 0 Å². The van der Waals surface area contributed by atoms with Crippen LogP contribution in [0.25, 0.3) is 11.0 Å². The van der Waals surface area contributed by atoms with Crippen LogP contribution in [0.15, 0.2) is 30.3 Å². The number of anilines is 3. The van der Waals surface area contributed by atoms with Gasteiger partial charge in [0.2, 0.25) is 11.9 Å². The predicted molar refractivity (Wildman–Crippen MR) is 154 cm³/mol. The van der Waals surface area contributed by atoms with Gasteiger partial charge in [0.15, 0.2) is 0 Å². The summed E-state index contributed by atoms with van der Waals surface area (Å²) >= 11 is 13.0. The number of benzene rings is 2. The molecule has 1 unspecified atom stereocenters. The van der Waals surface area contributed by atoms with Crippen molar-refractivity contribution in [3.63, 3.8) is 0 Å². The van der Waals surface area contributed by atoms with Crippen LogP contribution in [0.1, 0.15) is 31.7 Å². The molecule has 0 spiro atoms. The monoisotopic (exact) mass is 653 g/mol. The Kier molecular flexibility index (Phi) is 10.3. The molecule has 3 aromatic rings. The van der Waals surface area contributed by atoms with E-state index in [2.05, 4.69) is 15.6 Å². The number of fused-ring (bicyclic) bond motifs is 1. The zero-order valence-corrected chi connectivity index (χ0v) is 24.9. The van der Waals surface area contributed by atoms with Crippen LogP contribution >= 0.6 is 23.2 Å². The fourth-order valence-corrected chi connectivity index (χ4v) is 5.55. The highest BCUT2D eigenvalue weighted by Gasteiger charge is 2.43. The first-order valence-corrected chi connectivity index (χ1v) is 14.4. The Bertz CT molecular complexity index is 1440. The molecule has 15 heteroatoms. The summed E-state index contributed by atoms with van der Waals surface area (Å²) in [6.45, 7) is 2.22. The van der Waals surface area contributed by atoms with E-state index in [0.717, 1.165) is 0 Å². The topological polar surface area (TPSA) is 71.4 Å². The van der Waals surface area contributed by atoms with E-state index in [1.165, 1.54) is 14.0 Å². The van der Waals surface area contributed by atoms with E-state index in [4.69, 9.17) is 27.9 Å². The van der Waals surface area contributed by atoms with Crippen LogP contribution in [0.2, 0.25) is 10.0 Å². The molecule has 1 atom stereocenters. The number of carbonyl (C=O) groups excluding carboxylic acids is 1. The third-order valence-electron chi connectivity index (χ3n) is 7.50. The highest BCUT2D eigenvalue weighted by molar-refractivity contribution is 6.34. The molecule has 7 nitrogen and oxygen atoms in total. The van der Waals surface area contributed by atoms with Crippen LogP contribution in [0.5, 0.6) is 0 Å². The zero-order chi connectivity index (χ0) is 31.5. The molecule has 2 heterocycles. The van der Waals surface area contributed by atoms with Crippen molar-refractivity contribution in [2.75, 3.05) is 37.0 Å². The van der Waals surface area contributed by atoms with Gasteiger partial charge in [-0.05, 0) is 49.1 Å². The summed E-state index contributed by atoms with van der Waals surface area (Å²) in [6.07, 6.45) is -9.31. The average molecular weight is 654 g/mol. The molecule has 0 saturated carbocycles. The minimum atomic E-state index is -4.64. The van der Waals surface area contributed by atoms with Crippen molar-refractivity contribution in [2.45, 2.75) is 51.6 Å². The van der Waals surface area contributed by atoms with Gasteiger partial charge in [-0.15, -0.1) is 0 Å². The van der Waals surface area contributed by atoms with Gasteiger partial charge in [0.05, 0.1) is 45.0 Å². The second kappa shape index (κ2) is 13.4. The van der Waals surface area contributed by atoms with Crippen LogP contribution in [-0.4, -0.2) is 54.6 Å². The third kappa shape index (κ3) is 7.79. The van der Waals surface area contributed by atoms with Crippen molar-refractivity contribution in [3.8, 4) is 0 Å². The Balaban J connectivity index is 1.59. The highest BCUT2D eigenvalue weighted by atomic mass is 35.5. The van der Waals surface area contributed by atoms with Crippen LogP contribution in [0, 0.1) is 11.8 Å². The summed E-state index contributed by atoms with van der Waals surface area (Å²) in [4.78, 5) is 18.6. The minimum Gasteiger partial charge on any atom is -0.383 e. The lowest BCUT2D eigenvalue weighted by atomic mass is 9.96. The summed E-state index contributed by atoms with van der Waals surface area (Å²) < 4.78 is 86.0. The van der Waals surface area contributed by atoms with E-state index < -0.39 is 30.1 Å². The lowest BCUT2D eigenvalue weighted by Gasteiger charge is -2.34. The lowest BCUT2D eigenvalue weighted by Crippen LogP contribution is -2.39. The van der Waals surface area contributed by atoms with Gasteiger partial charge in [-0.2, -0.15) is 26.3 Å². The Hall–Kier alpha value is -2.90. The summed E-state index contributed by atoms with van der Waals surface area (Å²) in [6, 6.07) is 8.17. The molecule has 0 aliphatic carbocycles. The summed E-state index contributed by atoms with van der Waals surface area (Å²) in [7, 11) is 1.54. The Morgan fingerprint density at radius 1 is 1.09 bits per heavy atom. The summed E-state index contributed by atoms with van der Waals surface area (Å²) in [5.41, 5.74) is 2.68. The molecule has 4 rings (SSSR count). The number of amides is 1. The first-order valence-electron chi connectivity index (χ1n) is 13.6. The fourth-order valence-electron chi connectivity index (χ4n) is 5.11. The molecular formula is C28H31Cl2F6N5O2. The van der Waals surface area contributed by atoms with E-state index in [9.17, 15) is 31.1 Å². The first kappa shape index (κ1) is 33.0. The van der Waals surface area contributed by atoms with Crippen LogP contribution in [0.3, 0.4) is 0 Å². The van der Waals surface area contributed by atoms with E-state index in [0.29, 0.717) is 57.1 Å². The van der Waals surface area contributed by atoms with Crippen LogP contribution in [0.4, 0.5) is 43.7 Å². The van der Waals surface area contributed by atoms with Gasteiger partial charge in [0.1, 0.15) is 5.92 Å². The smallest absolute Gasteiger partial charge is 0.383 e. The number of nitrogens with one attached hydrogen (secondary N) is 2. The van der Waals surface area contributed by atoms with Gasteiger partial charge in [-0.3, -0.25) is 4.79 Å². The van der Waals surface area contributed by atoms with E-state index in [1.807, 2.05) is 9.47 Å². The Morgan fingerprint density at radius 2 is 1.79 bits per heavy atom. The van der Waals surface area contributed by atoms with Gasteiger partial charge in [0, 0.05) is 33.3 Å². The van der Waals surface area contributed by atoms with Crippen LogP contribution < -0.4 is 15.5 Å². The number of halogens is 8. The SMILES string of the molecule is CCC(C(=O)NCc1ccc(Cl)c(Nc2nc3cc(Cl)c(N4CCC(C(F)(F)F)CC4)cc3n2CCOC)c1)C(F)(F)F. The molecule has 1 amide bonds. The summed E-state index contributed by atoms with van der Waals surface area (Å²) in [5.74, 6) is -4.20. The second-order valence-electron chi connectivity index (χ2n) is 10.3. The lowest BCUT2D eigenvalue weighted by molar-refractivity contribution is -0.183. The molecule has 1 fully saturated rings. The molecule has 1 aliphatic heterocycles. The number of piperidine rings is 1. The molecular weight excluding hydrogens is 623 g/mol. The van der Waals surface area contributed by atoms with Gasteiger partial charge < -0.3 is 24.8 Å². The maximum atomic E-state index is 13.2. The van der Waals surface area contributed by atoms with Crippen molar-refractivity contribution in [2.24, 2.45) is 11.8 Å². The summed E-state index contributed by atoms with van der Waals surface area (Å²) in [5, 5.41) is 6.14. The number of aromatic nitrogens is 2. The van der Waals surface area contributed by atoms with E-state index in [1.54, 1.807) is 30.3 Å². The number of methoxy groups -OCH3 is 1. The Labute approximate surface area is 254 Å². The molecule has 1 saturated heterocycles. The average Bonchev–Trinajstić information content (AvgIpc) is 3.26. The number of hydrogen-bond acceptors (Lipinski definition) is 5. The molecule has 1 aliphatic rings. The maximum absolute atomic E-state index is 13.2. The van der Waals surface area contributed by atoms with E-state index in [-0.39, 0.29) is 38.9 Å². The quantitative estimate of drug-likeness (QED) is 0.219. The van der Waals surface area contributed by atoms with Gasteiger partial charge >= 0.3 is 12.4 Å². The number of carbonyl (C=O) groups is 1. The third-order valence-corrected chi connectivity index (χ3v) is 8.13. The molecule has 2 aromatic carbocycles.